The number of carbonyl (C=O) groups excluding carboxylic acids is 2. The van der Waals surface area contributed by atoms with E-state index in [2.05, 4.69) is 0 Å². The molecule has 0 bridgehead atoms. The number of benzene rings is 2. The first-order chi connectivity index (χ1) is 13.0. The van der Waals surface area contributed by atoms with Crippen molar-refractivity contribution < 1.29 is 19.1 Å². The molecule has 0 aliphatic carbocycles. The number of anilines is 1. The van der Waals surface area contributed by atoms with Gasteiger partial charge in [-0.1, -0.05) is 48.2 Å². The van der Waals surface area contributed by atoms with Crippen molar-refractivity contribution in [3.63, 3.8) is 0 Å². The smallest absolute Gasteiger partial charge is 0.270 e. The predicted molar refractivity (Wildman–Crippen MR) is 110 cm³/mol. The summed E-state index contributed by atoms with van der Waals surface area (Å²) in [7, 11) is 1.49. The molecule has 1 fully saturated rings. The number of hydrogen-bond acceptors (Lipinski definition) is 6. The van der Waals surface area contributed by atoms with Crippen molar-refractivity contribution in [2.45, 2.75) is 0 Å². The summed E-state index contributed by atoms with van der Waals surface area (Å²) in [5, 5.41) is 0. The minimum absolute atomic E-state index is 0.177. The number of thioether (sulfide) groups is 1. The van der Waals surface area contributed by atoms with Crippen molar-refractivity contribution in [2.75, 3.05) is 18.6 Å². The molecule has 0 saturated carbocycles. The summed E-state index contributed by atoms with van der Waals surface area (Å²) >= 11 is 6.60. The van der Waals surface area contributed by atoms with Gasteiger partial charge in [-0.15, -0.1) is 0 Å². The summed E-state index contributed by atoms with van der Waals surface area (Å²) < 4.78 is 11.1. The van der Waals surface area contributed by atoms with Crippen LogP contribution in [0.5, 0.6) is 11.5 Å². The van der Waals surface area contributed by atoms with E-state index in [0.717, 1.165) is 11.3 Å². The van der Waals surface area contributed by atoms with Crippen LogP contribution in [0.25, 0.3) is 6.08 Å². The van der Waals surface area contributed by atoms with Gasteiger partial charge in [0.25, 0.3) is 11.8 Å². The van der Waals surface area contributed by atoms with Gasteiger partial charge in [-0.25, -0.2) is 0 Å². The highest BCUT2D eigenvalue weighted by molar-refractivity contribution is 8.27. The minimum Gasteiger partial charge on any atom is -0.493 e. The number of primary amides is 1. The molecule has 1 aliphatic rings. The second-order valence-electron chi connectivity index (χ2n) is 5.52. The van der Waals surface area contributed by atoms with Crippen molar-refractivity contribution in [3.05, 3.63) is 59.0 Å². The fourth-order valence-electron chi connectivity index (χ4n) is 2.46. The van der Waals surface area contributed by atoms with Crippen LogP contribution in [0.1, 0.15) is 5.56 Å². The maximum atomic E-state index is 12.8. The minimum atomic E-state index is -0.578. The zero-order chi connectivity index (χ0) is 19.4. The van der Waals surface area contributed by atoms with E-state index in [1.165, 1.54) is 23.8 Å². The van der Waals surface area contributed by atoms with E-state index in [1.807, 2.05) is 30.3 Å². The standard InChI is InChI=1S/C19H16N2O4S2/c1-24-15-9-12(7-8-14(15)25-11-17(20)22)10-16-18(23)21(19(26)27-16)13-5-3-2-4-6-13/h2-10H,11H2,1H3,(H2,20,22). The highest BCUT2D eigenvalue weighted by atomic mass is 32.2. The van der Waals surface area contributed by atoms with Crippen LogP contribution in [0, 0.1) is 0 Å². The molecular weight excluding hydrogens is 384 g/mol. The van der Waals surface area contributed by atoms with Crippen LogP contribution in [0.3, 0.4) is 0 Å². The largest absolute Gasteiger partial charge is 0.493 e. The van der Waals surface area contributed by atoms with Crippen LogP contribution in [0.15, 0.2) is 53.4 Å². The van der Waals surface area contributed by atoms with Gasteiger partial charge in [0.15, 0.2) is 22.4 Å². The second-order valence-corrected chi connectivity index (χ2v) is 7.19. The Morgan fingerprint density at radius 1 is 1.22 bits per heavy atom. The molecule has 2 aromatic rings. The van der Waals surface area contributed by atoms with E-state index in [0.29, 0.717) is 20.7 Å². The summed E-state index contributed by atoms with van der Waals surface area (Å²) in [6.45, 7) is -0.245. The molecule has 1 saturated heterocycles. The molecule has 3 rings (SSSR count). The lowest BCUT2D eigenvalue weighted by Gasteiger charge is -2.13. The molecule has 0 radical (unpaired) electrons. The lowest BCUT2D eigenvalue weighted by molar-refractivity contribution is -0.120. The monoisotopic (exact) mass is 400 g/mol. The zero-order valence-corrected chi connectivity index (χ0v) is 16.0. The summed E-state index contributed by atoms with van der Waals surface area (Å²) in [5.41, 5.74) is 6.56. The van der Waals surface area contributed by atoms with Gasteiger partial charge in [0.05, 0.1) is 17.7 Å². The highest BCUT2D eigenvalue weighted by Crippen LogP contribution is 2.37. The number of hydrogen-bond donors (Lipinski definition) is 1. The lowest BCUT2D eigenvalue weighted by Crippen LogP contribution is -2.27. The average molecular weight is 400 g/mol. The first kappa shape index (κ1) is 18.9. The molecule has 138 valence electrons. The van der Waals surface area contributed by atoms with Crippen LogP contribution in [0.4, 0.5) is 5.69 Å². The van der Waals surface area contributed by atoms with Gasteiger partial charge in [0, 0.05) is 0 Å². The fraction of sp³-hybridized carbons (Fsp3) is 0.105. The summed E-state index contributed by atoms with van der Waals surface area (Å²) in [5.74, 6) is 0.0729. The maximum absolute atomic E-state index is 12.8. The van der Waals surface area contributed by atoms with Gasteiger partial charge in [-0.2, -0.15) is 0 Å². The van der Waals surface area contributed by atoms with E-state index < -0.39 is 5.91 Å². The maximum Gasteiger partial charge on any atom is 0.270 e. The number of nitrogens with two attached hydrogens (primary N) is 1. The zero-order valence-electron chi connectivity index (χ0n) is 14.4. The van der Waals surface area contributed by atoms with Gasteiger partial charge < -0.3 is 15.2 Å². The van der Waals surface area contributed by atoms with E-state index in [9.17, 15) is 9.59 Å². The summed E-state index contributed by atoms with van der Waals surface area (Å²) in [6, 6.07) is 14.4. The van der Waals surface area contributed by atoms with E-state index >= 15 is 0 Å². The molecule has 0 aromatic heterocycles. The molecule has 2 amide bonds. The Labute approximate surface area is 165 Å². The quantitative estimate of drug-likeness (QED) is 0.593. The number of carbonyl (C=O) groups is 2. The summed E-state index contributed by atoms with van der Waals surface area (Å²) in [4.78, 5) is 25.7. The molecule has 1 heterocycles. The molecule has 2 aromatic carbocycles. The Morgan fingerprint density at radius 3 is 2.63 bits per heavy atom. The molecule has 27 heavy (non-hydrogen) atoms. The van der Waals surface area contributed by atoms with Gasteiger partial charge >= 0.3 is 0 Å². The number of thiocarbonyl (C=S) groups is 1. The molecule has 0 spiro atoms. The van der Waals surface area contributed by atoms with Crippen LogP contribution < -0.4 is 20.1 Å². The number of para-hydroxylation sites is 1. The SMILES string of the molecule is COc1cc(C=C2SC(=S)N(c3ccccc3)C2=O)ccc1OCC(N)=O. The number of methoxy groups -OCH3 is 1. The van der Waals surface area contributed by atoms with Crippen molar-refractivity contribution in [2.24, 2.45) is 5.73 Å². The molecule has 2 N–H and O–H groups in total. The van der Waals surface area contributed by atoms with Gasteiger partial charge in [-0.05, 0) is 35.9 Å². The lowest BCUT2D eigenvalue weighted by atomic mass is 10.2. The van der Waals surface area contributed by atoms with Crippen LogP contribution in [0.2, 0.25) is 0 Å². The number of nitrogens with zero attached hydrogens (tertiary/aromatic N) is 1. The molecule has 6 nitrogen and oxygen atoms in total. The van der Waals surface area contributed by atoms with Crippen molar-refractivity contribution in [3.8, 4) is 11.5 Å². The van der Waals surface area contributed by atoms with Crippen molar-refractivity contribution in [1.29, 1.82) is 0 Å². The van der Waals surface area contributed by atoms with Crippen molar-refractivity contribution >= 4 is 51.9 Å². The third-order valence-electron chi connectivity index (χ3n) is 3.66. The topological polar surface area (TPSA) is 81.9 Å². The van der Waals surface area contributed by atoms with Crippen LogP contribution >= 0.6 is 24.0 Å². The Hall–Kier alpha value is -2.84. The van der Waals surface area contributed by atoms with Crippen LogP contribution in [-0.4, -0.2) is 29.9 Å². The highest BCUT2D eigenvalue weighted by Gasteiger charge is 2.33. The summed E-state index contributed by atoms with van der Waals surface area (Å²) in [6.07, 6.45) is 1.74. The second kappa shape index (κ2) is 8.24. The molecule has 1 aliphatic heterocycles. The Morgan fingerprint density at radius 2 is 1.96 bits per heavy atom. The molecule has 0 atom stereocenters. The fourth-order valence-corrected chi connectivity index (χ4v) is 3.76. The Kier molecular flexibility index (Phi) is 5.78. The van der Waals surface area contributed by atoms with Crippen molar-refractivity contribution in [1.82, 2.24) is 0 Å². The number of amides is 2. The molecule has 0 unspecified atom stereocenters. The van der Waals surface area contributed by atoms with Gasteiger partial charge in [0.1, 0.15) is 0 Å². The predicted octanol–water partition coefficient (Wildman–Crippen LogP) is 2.97. The van der Waals surface area contributed by atoms with Gasteiger partial charge in [0.2, 0.25) is 0 Å². The third-order valence-corrected chi connectivity index (χ3v) is 4.97. The first-order valence-corrected chi connectivity index (χ1v) is 9.14. The van der Waals surface area contributed by atoms with E-state index in [-0.39, 0.29) is 12.5 Å². The first-order valence-electron chi connectivity index (χ1n) is 7.91. The number of ether oxygens (including phenoxy) is 2. The van der Waals surface area contributed by atoms with Gasteiger partial charge in [-0.3, -0.25) is 14.5 Å². The molecular formula is C19H16N2O4S2. The Balaban J connectivity index is 1.85. The number of rotatable bonds is 6. The third kappa shape index (κ3) is 4.29. The van der Waals surface area contributed by atoms with E-state index in [4.69, 9.17) is 27.4 Å². The Bertz CT molecular complexity index is 929. The van der Waals surface area contributed by atoms with E-state index in [1.54, 1.807) is 24.3 Å². The normalized spacial score (nSPS) is 15.3. The van der Waals surface area contributed by atoms with Crippen LogP contribution in [-0.2, 0) is 9.59 Å². The molecule has 8 heteroatoms. The average Bonchev–Trinajstić information content (AvgIpc) is 2.94.